The standard InChI is InChI=1S/C14H29N3O/c1-4-16-12(2)13-7-5-9-17(11-13)10-6-8-14(18)15-3/h12-13,16H,4-11H2,1-3H3,(H,15,18). The number of carbonyl (C=O) groups excluding carboxylic acids is 1. The molecule has 18 heavy (non-hydrogen) atoms. The lowest BCUT2D eigenvalue weighted by Gasteiger charge is -2.36. The first-order valence-electron chi connectivity index (χ1n) is 7.33. The Morgan fingerprint density at radius 1 is 1.50 bits per heavy atom. The van der Waals surface area contributed by atoms with Gasteiger partial charge in [0.15, 0.2) is 0 Å². The molecule has 1 saturated heterocycles. The summed E-state index contributed by atoms with van der Waals surface area (Å²) in [5, 5.41) is 6.21. The third-order valence-electron chi connectivity index (χ3n) is 3.93. The molecule has 0 bridgehead atoms. The molecule has 0 radical (unpaired) electrons. The van der Waals surface area contributed by atoms with Gasteiger partial charge in [0.25, 0.3) is 0 Å². The smallest absolute Gasteiger partial charge is 0.219 e. The summed E-state index contributed by atoms with van der Waals surface area (Å²) in [6.45, 7) is 8.95. The lowest BCUT2D eigenvalue weighted by atomic mass is 9.91. The number of piperidine rings is 1. The minimum absolute atomic E-state index is 0.157. The van der Waals surface area contributed by atoms with Gasteiger partial charge in [-0.25, -0.2) is 0 Å². The Labute approximate surface area is 111 Å². The molecule has 0 aromatic heterocycles. The van der Waals surface area contributed by atoms with Crippen LogP contribution in [0.3, 0.4) is 0 Å². The lowest BCUT2D eigenvalue weighted by molar-refractivity contribution is -0.120. The average Bonchev–Trinajstić information content (AvgIpc) is 2.39. The topological polar surface area (TPSA) is 44.4 Å². The Hall–Kier alpha value is -0.610. The molecule has 4 nitrogen and oxygen atoms in total. The molecule has 1 amide bonds. The van der Waals surface area contributed by atoms with Crippen LogP contribution in [0, 0.1) is 5.92 Å². The molecule has 0 saturated carbocycles. The molecular formula is C14H29N3O. The molecule has 0 aromatic rings. The molecule has 2 unspecified atom stereocenters. The second-order valence-corrected chi connectivity index (χ2v) is 5.33. The zero-order valence-corrected chi connectivity index (χ0v) is 12.2. The van der Waals surface area contributed by atoms with Crippen molar-refractivity contribution < 1.29 is 4.79 Å². The van der Waals surface area contributed by atoms with Crippen molar-refractivity contribution in [2.24, 2.45) is 5.92 Å². The number of likely N-dealkylation sites (tertiary alicyclic amines) is 1. The van der Waals surface area contributed by atoms with Gasteiger partial charge in [-0.1, -0.05) is 6.92 Å². The summed E-state index contributed by atoms with van der Waals surface area (Å²) in [7, 11) is 1.71. The van der Waals surface area contributed by atoms with Crippen LogP contribution in [-0.4, -0.2) is 50.1 Å². The van der Waals surface area contributed by atoms with E-state index in [9.17, 15) is 4.79 Å². The fraction of sp³-hybridized carbons (Fsp3) is 0.929. The largest absolute Gasteiger partial charge is 0.359 e. The highest BCUT2D eigenvalue weighted by Gasteiger charge is 2.23. The second-order valence-electron chi connectivity index (χ2n) is 5.33. The number of nitrogens with one attached hydrogen (secondary N) is 2. The first-order valence-corrected chi connectivity index (χ1v) is 7.33. The van der Waals surface area contributed by atoms with Crippen LogP contribution in [-0.2, 0) is 4.79 Å². The molecule has 106 valence electrons. The summed E-state index contributed by atoms with van der Waals surface area (Å²) in [6.07, 6.45) is 4.25. The molecule has 1 rings (SSSR count). The molecule has 1 fully saturated rings. The van der Waals surface area contributed by atoms with E-state index in [1.54, 1.807) is 7.05 Å². The number of hydrogen-bond donors (Lipinski definition) is 2. The summed E-state index contributed by atoms with van der Waals surface area (Å²) >= 11 is 0. The molecule has 2 N–H and O–H groups in total. The van der Waals surface area contributed by atoms with Crippen molar-refractivity contribution >= 4 is 5.91 Å². The van der Waals surface area contributed by atoms with Crippen LogP contribution in [0.5, 0.6) is 0 Å². The fourth-order valence-corrected chi connectivity index (χ4v) is 2.78. The minimum Gasteiger partial charge on any atom is -0.359 e. The number of rotatable bonds is 7. The molecule has 0 aliphatic carbocycles. The molecule has 2 atom stereocenters. The van der Waals surface area contributed by atoms with E-state index >= 15 is 0 Å². The van der Waals surface area contributed by atoms with Gasteiger partial charge in [-0.3, -0.25) is 4.79 Å². The third kappa shape index (κ3) is 5.36. The molecule has 1 heterocycles. The van der Waals surface area contributed by atoms with Gasteiger partial charge in [0.1, 0.15) is 0 Å². The maximum atomic E-state index is 11.2. The molecule has 1 aliphatic heterocycles. The molecule has 0 spiro atoms. The van der Waals surface area contributed by atoms with Crippen molar-refractivity contribution in [3.63, 3.8) is 0 Å². The van der Waals surface area contributed by atoms with E-state index in [0.29, 0.717) is 12.5 Å². The summed E-state index contributed by atoms with van der Waals surface area (Å²) in [5.41, 5.74) is 0. The van der Waals surface area contributed by atoms with E-state index in [0.717, 1.165) is 25.4 Å². The monoisotopic (exact) mass is 255 g/mol. The highest BCUT2D eigenvalue weighted by molar-refractivity contribution is 5.75. The van der Waals surface area contributed by atoms with Crippen molar-refractivity contribution in [2.45, 2.75) is 45.6 Å². The molecule has 1 aliphatic rings. The predicted octanol–water partition coefficient (Wildman–Crippen LogP) is 1.22. The maximum Gasteiger partial charge on any atom is 0.219 e. The second kappa shape index (κ2) is 8.48. The SMILES string of the molecule is CCNC(C)C1CCCN(CCCC(=O)NC)C1. The van der Waals surface area contributed by atoms with Crippen molar-refractivity contribution in [3.05, 3.63) is 0 Å². The predicted molar refractivity (Wildman–Crippen MR) is 75.6 cm³/mol. The number of hydrogen-bond acceptors (Lipinski definition) is 3. The van der Waals surface area contributed by atoms with Crippen molar-refractivity contribution in [2.75, 3.05) is 33.2 Å². The van der Waals surface area contributed by atoms with Crippen molar-refractivity contribution in [3.8, 4) is 0 Å². The van der Waals surface area contributed by atoms with Crippen LogP contribution in [0.15, 0.2) is 0 Å². The molecule has 4 heteroatoms. The summed E-state index contributed by atoms with van der Waals surface area (Å²) < 4.78 is 0. The van der Waals surface area contributed by atoms with Gasteiger partial charge in [-0.2, -0.15) is 0 Å². The van der Waals surface area contributed by atoms with Crippen molar-refractivity contribution in [1.82, 2.24) is 15.5 Å². The van der Waals surface area contributed by atoms with Gasteiger partial charge in [0, 0.05) is 26.1 Å². The first-order chi connectivity index (χ1) is 8.67. The van der Waals surface area contributed by atoms with Crippen LogP contribution in [0.1, 0.15) is 39.5 Å². The van der Waals surface area contributed by atoms with E-state index < -0.39 is 0 Å². The summed E-state index contributed by atoms with van der Waals surface area (Å²) in [4.78, 5) is 13.7. The van der Waals surface area contributed by atoms with Crippen LogP contribution < -0.4 is 10.6 Å². The van der Waals surface area contributed by atoms with Gasteiger partial charge in [-0.05, 0) is 51.7 Å². The summed E-state index contributed by atoms with van der Waals surface area (Å²) in [6, 6.07) is 0.608. The highest BCUT2D eigenvalue weighted by Crippen LogP contribution is 2.20. The van der Waals surface area contributed by atoms with Gasteiger partial charge >= 0.3 is 0 Å². The minimum atomic E-state index is 0.157. The van der Waals surface area contributed by atoms with Crippen LogP contribution in [0.2, 0.25) is 0 Å². The molecule has 0 aromatic carbocycles. The lowest BCUT2D eigenvalue weighted by Crippen LogP contribution is -2.44. The third-order valence-corrected chi connectivity index (χ3v) is 3.93. The van der Waals surface area contributed by atoms with Crippen molar-refractivity contribution in [1.29, 1.82) is 0 Å². The number of nitrogens with zero attached hydrogens (tertiary/aromatic N) is 1. The number of amides is 1. The average molecular weight is 255 g/mol. The Morgan fingerprint density at radius 2 is 2.28 bits per heavy atom. The van der Waals surface area contributed by atoms with Gasteiger partial charge < -0.3 is 15.5 Å². The Balaban J connectivity index is 2.24. The fourth-order valence-electron chi connectivity index (χ4n) is 2.78. The van der Waals surface area contributed by atoms with E-state index in [-0.39, 0.29) is 5.91 Å². The Morgan fingerprint density at radius 3 is 2.94 bits per heavy atom. The Kier molecular flexibility index (Phi) is 7.28. The van der Waals surface area contributed by atoms with E-state index in [1.165, 1.54) is 25.9 Å². The van der Waals surface area contributed by atoms with Gasteiger partial charge in [-0.15, -0.1) is 0 Å². The quantitative estimate of drug-likeness (QED) is 0.719. The van der Waals surface area contributed by atoms with E-state index in [2.05, 4.69) is 29.4 Å². The first kappa shape index (κ1) is 15.4. The van der Waals surface area contributed by atoms with Crippen LogP contribution in [0.25, 0.3) is 0 Å². The number of carbonyl (C=O) groups is 1. The van der Waals surface area contributed by atoms with Crippen LogP contribution in [0.4, 0.5) is 0 Å². The Bertz CT molecular complexity index is 245. The van der Waals surface area contributed by atoms with Crippen LogP contribution >= 0.6 is 0 Å². The maximum absolute atomic E-state index is 11.2. The summed E-state index contributed by atoms with van der Waals surface area (Å²) in [5.74, 6) is 0.920. The van der Waals surface area contributed by atoms with Gasteiger partial charge in [0.05, 0.1) is 0 Å². The van der Waals surface area contributed by atoms with E-state index in [4.69, 9.17) is 0 Å². The van der Waals surface area contributed by atoms with E-state index in [1.807, 2.05) is 0 Å². The van der Waals surface area contributed by atoms with Gasteiger partial charge in [0.2, 0.25) is 5.91 Å². The highest BCUT2D eigenvalue weighted by atomic mass is 16.1. The normalized spacial score (nSPS) is 22.7. The zero-order valence-electron chi connectivity index (χ0n) is 12.2. The zero-order chi connectivity index (χ0) is 13.4. The molecular weight excluding hydrogens is 226 g/mol.